The Morgan fingerprint density at radius 2 is 0.889 bits per heavy atom. The highest BCUT2D eigenvalue weighted by molar-refractivity contribution is 4.98. The van der Waals surface area contributed by atoms with Gasteiger partial charge in [-0.3, -0.25) is 0 Å². The minimum atomic E-state index is 0.228. The van der Waals surface area contributed by atoms with Crippen molar-refractivity contribution in [2.45, 2.75) is 232 Å². The van der Waals surface area contributed by atoms with Crippen LogP contribution in [0.1, 0.15) is 220 Å². The van der Waals surface area contributed by atoms with Crippen LogP contribution in [0.2, 0.25) is 0 Å². The first kappa shape index (κ1) is 40.4. The van der Waals surface area contributed by atoms with Gasteiger partial charge in [0.15, 0.2) is 0 Å². The molecule has 1 aliphatic carbocycles. The molecule has 262 valence electrons. The summed E-state index contributed by atoms with van der Waals surface area (Å²) in [7, 11) is 0. The molecule has 1 saturated carbocycles. The van der Waals surface area contributed by atoms with Crippen LogP contribution in [-0.4, -0.2) is 11.7 Å². The summed E-state index contributed by atoms with van der Waals surface area (Å²) in [5.74, 6) is 1.74. The highest BCUT2D eigenvalue weighted by Crippen LogP contribution is 2.50. The number of unbranched alkanes of at least 4 members (excludes halogenated alkanes) is 21. The maximum atomic E-state index is 6.97. The molecule has 2 aliphatic rings. The molecule has 0 bridgehead atoms. The van der Waals surface area contributed by atoms with Crippen LogP contribution in [0.3, 0.4) is 0 Å². The molecule has 4 atom stereocenters. The van der Waals surface area contributed by atoms with Gasteiger partial charge in [-0.25, -0.2) is 0 Å². The predicted molar refractivity (Wildman–Crippen MR) is 202 cm³/mol. The molecule has 2 rings (SSSR count). The predicted octanol–water partition coefficient (Wildman–Crippen LogP) is 15.2. The van der Waals surface area contributed by atoms with E-state index in [1.807, 2.05) is 0 Å². The lowest BCUT2D eigenvalue weighted by Gasteiger charge is -2.31. The van der Waals surface area contributed by atoms with E-state index in [4.69, 9.17) is 4.74 Å². The van der Waals surface area contributed by atoms with Crippen LogP contribution in [0.5, 0.6) is 0 Å². The molecule has 45 heavy (non-hydrogen) atoms. The lowest BCUT2D eigenvalue weighted by atomic mass is 9.83. The number of ether oxygens (including phenoxy) is 1. The van der Waals surface area contributed by atoms with E-state index >= 15 is 0 Å². The quantitative estimate of drug-likeness (QED) is 0.0551. The van der Waals surface area contributed by atoms with Crippen molar-refractivity contribution in [2.75, 3.05) is 0 Å². The normalized spacial score (nSPS) is 23.4. The van der Waals surface area contributed by atoms with Gasteiger partial charge in [-0.05, 0) is 102 Å². The first-order chi connectivity index (χ1) is 22.2. The maximum Gasteiger partial charge on any atom is 0.0690 e. The first-order valence-electron chi connectivity index (χ1n) is 20.8. The van der Waals surface area contributed by atoms with Crippen LogP contribution in [0, 0.1) is 11.8 Å². The Hall–Kier alpha value is -0.820. The molecule has 0 N–H and O–H groups in total. The molecular weight excluding hydrogens is 544 g/mol. The van der Waals surface area contributed by atoms with Gasteiger partial charge in [0.2, 0.25) is 0 Å². The molecule has 0 amide bonds. The highest BCUT2D eigenvalue weighted by Gasteiger charge is 2.48. The number of hydrogen-bond donors (Lipinski definition) is 0. The fourth-order valence-electron chi connectivity index (χ4n) is 8.14. The molecule has 0 radical (unpaired) electrons. The van der Waals surface area contributed by atoms with Crippen LogP contribution >= 0.6 is 0 Å². The van der Waals surface area contributed by atoms with Gasteiger partial charge < -0.3 is 4.74 Å². The third-order valence-corrected chi connectivity index (χ3v) is 10.9. The van der Waals surface area contributed by atoms with E-state index in [9.17, 15) is 0 Å². The van der Waals surface area contributed by atoms with Crippen molar-refractivity contribution in [2.24, 2.45) is 11.8 Å². The number of hydrogen-bond acceptors (Lipinski definition) is 1. The first-order valence-corrected chi connectivity index (χ1v) is 20.8. The van der Waals surface area contributed by atoms with Crippen molar-refractivity contribution in [3.8, 4) is 0 Å². The van der Waals surface area contributed by atoms with Crippen molar-refractivity contribution >= 4 is 0 Å². The molecule has 1 aliphatic heterocycles. The Kier molecular flexibility index (Phi) is 25.3. The summed E-state index contributed by atoms with van der Waals surface area (Å²) in [5.41, 5.74) is 0.228. The second-order valence-electron chi connectivity index (χ2n) is 15.4. The zero-order valence-corrected chi connectivity index (χ0v) is 31.0. The van der Waals surface area contributed by atoms with Crippen LogP contribution in [-0.2, 0) is 4.74 Å². The highest BCUT2D eigenvalue weighted by atomic mass is 16.5. The molecule has 0 aromatic rings. The SMILES string of the molecule is CCCCC/C=C\C/C=C\CCCCCCCCC1(CCCCCCCC/C=C\CCCCCCCC)C[C@H]2CC(C)C[C@H]2O1. The van der Waals surface area contributed by atoms with Gasteiger partial charge >= 0.3 is 0 Å². The maximum absolute atomic E-state index is 6.97. The van der Waals surface area contributed by atoms with Crippen LogP contribution in [0.25, 0.3) is 0 Å². The summed E-state index contributed by atoms with van der Waals surface area (Å²) in [6.45, 7) is 7.02. The lowest BCUT2D eigenvalue weighted by molar-refractivity contribution is -0.0580. The second-order valence-corrected chi connectivity index (χ2v) is 15.4. The minimum absolute atomic E-state index is 0.228. The average Bonchev–Trinajstić information content (AvgIpc) is 3.54. The van der Waals surface area contributed by atoms with Gasteiger partial charge in [0.1, 0.15) is 0 Å². The van der Waals surface area contributed by atoms with E-state index in [2.05, 4.69) is 57.2 Å². The molecule has 2 fully saturated rings. The summed E-state index contributed by atoms with van der Waals surface area (Å²) in [4.78, 5) is 0. The Balaban J connectivity index is 1.48. The minimum Gasteiger partial charge on any atom is -0.371 e. The molecular formula is C44H80O. The molecule has 0 spiro atoms. The standard InChI is InChI=1S/C44H80O/c1-4-6-8-10-12-14-16-18-20-22-24-26-28-30-32-34-36-44(40-42-38-41(3)39-43(42)45-44)37-35-33-31-29-27-25-23-21-19-17-15-13-11-9-7-5-2/h12,14,18-21,41-43H,4-11,13,15-17,22-40H2,1-3H3/b14-12-,20-18-,21-19-/t41?,42-,43-,44?/m1/s1. The summed E-state index contributed by atoms with van der Waals surface area (Å²) in [5, 5.41) is 0. The van der Waals surface area contributed by atoms with E-state index in [-0.39, 0.29) is 5.60 Å². The summed E-state index contributed by atoms with van der Waals surface area (Å²) >= 11 is 0. The van der Waals surface area contributed by atoms with Gasteiger partial charge in [-0.15, -0.1) is 0 Å². The third-order valence-electron chi connectivity index (χ3n) is 10.9. The Morgan fingerprint density at radius 1 is 0.489 bits per heavy atom. The molecule has 2 unspecified atom stereocenters. The zero-order chi connectivity index (χ0) is 32.1. The third kappa shape index (κ3) is 20.9. The van der Waals surface area contributed by atoms with Gasteiger partial charge in [-0.2, -0.15) is 0 Å². The number of allylic oxidation sites excluding steroid dienone is 6. The van der Waals surface area contributed by atoms with Gasteiger partial charge in [0.05, 0.1) is 11.7 Å². The van der Waals surface area contributed by atoms with E-state index in [1.165, 1.54) is 193 Å². The van der Waals surface area contributed by atoms with Gasteiger partial charge in [0.25, 0.3) is 0 Å². The Morgan fingerprint density at radius 3 is 1.38 bits per heavy atom. The van der Waals surface area contributed by atoms with Crippen molar-refractivity contribution < 1.29 is 4.74 Å². The van der Waals surface area contributed by atoms with Gasteiger partial charge in [-0.1, -0.05) is 166 Å². The van der Waals surface area contributed by atoms with Crippen molar-refractivity contribution in [1.82, 2.24) is 0 Å². The molecule has 0 aromatic carbocycles. The molecule has 1 heterocycles. The summed E-state index contributed by atoms with van der Waals surface area (Å²) in [6.07, 6.45) is 57.3. The van der Waals surface area contributed by atoms with E-state index in [0.717, 1.165) is 18.3 Å². The summed E-state index contributed by atoms with van der Waals surface area (Å²) < 4.78 is 6.97. The topological polar surface area (TPSA) is 9.23 Å². The monoisotopic (exact) mass is 625 g/mol. The number of fused-ring (bicyclic) bond motifs is 1. The summed E-state index contributed by atoms with van der Waals surface area (Å²) in [6, 6.07) is 0. The van der Waals surface area contributed by atoms with Crippen LogP contribution in [0.15, 0.2) is 36.5 Å². The lowest BCUT2D eigenvalue weighted by Crippen LogP contribution is -2.30. The van der Waals surface area contributed by atoms with Gasteiger partial charge in [0, 0.05) is 0 Å². The van der Waals surface area contributed by atoms with E-state index < -0.39 is 0 Å². The fourth-order valence-corrected chi connectivity index (χ4v) is 8.14. The largest absolute Gasteiger partial charge is 0.371 e. The molecule has 1 heteroatoms. The smallest absolute Gasteiger partial charge is 0.0690 e. The van der Waals surface area contributed by atoms with Crippen molar-refractivity contribution in [3.05, 3.63) is 36.5 Å². The fraction of sp³-hybridized carbons (Fsp3) is 0.864. The molecule has 1 nitrogen and oxygen atoms in total. The molecule has 1 saturated heterocycles. The van der Waals surface area contributed by atoms with Crippen molar-refractivity contribution in [1.29, 1.82) is 0 Å². The number of rotatable bonds is 31. The average molecular weight is 625 g/mol. The van der Waals surface area contributed by atoms with E-state index in [0.29, 0.717) is 6.10 Å². The Bertz CT molecular complexity index is 717. The van der Waals surface area contributed by atoms with Crippen molar-refractivity contribution in [3.63, 3.8) is 0 Å². The van der Waals surface area contributed by atoms with E-state index in [1.54, 1.807) is 0 Å². The zero-order valence-electron chi connectivity index (χ0n) is 31.0. The van der Waals surface area contributed by atoms with Crippen LogP contribution < -0.4 is 0 Å². The van der Waals surface area contributed by atoms with Crippen LogP contribution in [0.4, 0.5) is 0 Å². The second kappa shape index (κ2) is 28.2. The Labute approximate surface area is 283 Å². The molecule has 0 aromatic heterocycles.